The number of hydrogen-bond acceptors (Lipinski definition) is 4. The summed E-state index contributed by atoms with van der Waals surface area (Å²) in [5, 5.41) is 0.442. The van der Waals surface area contributed by atoms with Gasteiger partial charge >= 0.3 is 0 Å². The summed E-state index contributed by atoms with van der Waals surface area (Å²) in [7, 11) is 0. The third-order valence-corrected chi connectivity index (χ3v) is 7.83. The Labute approximate surface area is 228 Å². The normalized spacial score (nSPS) is 14.9. The molecule has 9 heteroatoms. The van der Waals surface area contributed by atoms with E-state index in [1.165, 1.54) is 5.56 Å². The van der Waals surface area contributed by atoms with E-state index in [9.17, 15) is 9.59 Å². The molecule has 0 radical (unpaired) electrons. The van der Waals surface area contributed by atoms with E-state index in [1.54, 1.807) is 24.3 Å². The number of hydrogen-bond donors (Lipinski definition) is 0. The van der Waals surface area contributed by atoms with E-state index in [1.807, 2.05) is 37.3 Å². The summed E-state index contributed by atoms with van der Waals surface area (Å²) in [5.41, 5.74) is 3.51. The lowest BCUT2D eigenvalue weighted by atomic mass is 10.1. The molecule has 3 aromatic rings. The topological polar surface area (TPSA) is 46.6 Å². The van der Waals surface area contributed by atoms with Crippen molar-refractivity contribution >= 4 is 84.0 Å². The first-order chi connectivity index (χ1) is 16.2. The summed E-state index contributed by atoms with van der Waals surface area (Å²) in [5.74, 6) is 0.262. The highest BCUT2D eigenvalue weighted by molar-refractivity contribution is 9.11. The van der Waals surface area contributed by atoms with E-state index >= 15 is 0 Å². The summed E-state index contributed by atoms with van der Waals surface area (Å²) in [6.07, 6.45) is 1.68. The van der Waals surface area contributed by atoms with Gasteiger partial charge in [0.1, 0.15) is 12.4 Å². The van der Waals surface area contributed by atoms with Gasteiger partial charge in [0.05, 0.1) is 20.4 Å². The second kappa shape index (κ2) is 10.9. The molecule has 1 fully saturated rings. The molecule has 1 aliphatic rings. The van der Waals surface area contributed by atoms with Crippen molar-refractivity contribution in [1.29, 1.82) is 0 Å². The summed E-state index contributed by atoms with van der Waals surface area (Å²) in [4.78, 5) is 27.0. The molecule has 0 unspecified atom stereocenters. The molecule has 2 amide bonds. The smallest absolute Gasteiger partial charge is 0.293 e. The standard InChI is InChI=1S/C25H17Br2Cl2NO3S/c1-14-4-2-5-15(8-14)13-33-23-18(26)9-16(10-19(23)27)11-22-24(31)30(25(32)34-22)12-17-20(28)6-3-7-21(17)29/h2-11H,12-13H2,1H3/b22-11-. The minimum Gasteiger partial charge on any atom is -0.487 e. The van der Waals surface area contributed by atoms with Crippen LogP contribution in [0.5, 0.6) is 5.75 Å². The van der Waals surface area contributed by atoms with Crippen LogP contribution in [0, 0.1) is 6.92 Å². The molecular weight excluding hydrogens is 625 g/mol. The molecule has 0 spiro atoms. The number of amides is 2. The monoisotopic (exact) mass is 639 g/mol. The first kappa shape index (κ1) is 25.3. The average molecular weight is 642 g/mol. The third kappa shape index (κ3) is 5.71. The number of imide groups is 1. The van der Waals surface area contributed by atoms with Crippen LogP contribution < -0.4 is 4.74 Å². The summed E-state index contributed by atoms with van der Waals surface area (Å²) < 4.78 is 7.45. The molecular formula is C25H17Br2Cl2NO3S. The maximum Gasteiger partial charge on any atom is 0.293 e. The molecule has 0 atom stereocenters. The van der Waals surface area contributed by atoms with Crippen LogP contribution in [0.25, 0.3) is 6.08 Å². The van der Waals surface area contributed by atoms with E-state index < -0.39 is 5.91 Å². The molecule has 34 heavy (non-hydrogen) atoms. The minimum absolute atomic E-state index is 0.0135. The van der Waals surface area contributed by atoms with Crippen molar-refractivity contribution in [2.45, 2.75) is 20.1 Å². The van der Waals surface area contributed by atoms with Crippen molar-refractivity contribution in [3.63, 3.8) is 0 Å². The molecule has 3 aromatic carbocycles. The van der Waals surface area contributed by atoms with E-state index in [-0.39, 0.29) is 11.8 Å². The van der Waals surface area contributed by atoms with Crippen LogP contribution in [0.1, 0.15) is 22.3 Å². The van der Waals surface area contributed by atoms with E-state index in [2.05, 4.69) is 37.9 Å². The molecule has 0 aromatic heterocycles. The largest absolute Gasteiger partial charge is 0.487 e. The molecule has 1 heterocycles. The number of rotatable bonds is 6. The average Bonchev–Trinajstić information content (AvgIpc) is 3.03. The van der Waals surface area contributed by atoms with Gasteiger partial charge < -0.3 is 4.74 Å². The number of carbonyl (C=O) groups is 2. The fourth-order valence-corrected chi connectivity index (χ4v) is 6.19. The number of aryl methyl sites for hydroxylation is 1. The lowest BCUT2D eigenvalue weighted by Gasteiger charge is -2.14. The van der Waals surface area contributed by atoms with Crippen LogP contribution in [0.3, 0.4) is 0 Å². The van der Waals surface area contributed by atoms with Gasteiger partial charge in [-0.1, -0.05) is 59.1 Å². The number of benzene rings is 3. The molecule has 0 saturated carbocycles. The first-order valence-electron chi connectivity index (χ1n) is 10.1. The Balaban J connectivity index is 1.52. The maximum atomic E-state index is 13.0. The van der Waals surface area contributed by atoms with E-state index in [4.69, 9.17) is 27.9 Å². The number of carbonyl (C=O) groups excluding carboxylic acids is 2. The zero-order valence-electron chi connectivity index (χ0n) is 17.8. The van der Waals surface area contributed by atoms with Gasteiger partial charge in [0.15, 0.2) is 0 Å². The van der Waals surface area contributed by atoms with Gasteiger partial charge in [0.25, 0.3) is 11.1 Å². The lowest BCUT2D eigenvalue weighted by molar-refractivity contribution is -0.123. The van der Waals surface area contributed by atoms with Crippen molar-refractivity contribution in [2.24, 2.45) is 0 Å². The fourth-order valence-electron chi connectivity index (χ4n) is 3.39. The predicted octanol–water partition coefficient (Wildman–Crippen LogP) is 8.64. The van der Waals surface area contributed by atoms with Crippen LogP contribution in [0.2, 0.25) is 10.0 Å². The Hall–Kier alpha value is -1.77. The maximum absolute atomic E-state index is 13.0. The van der Waals surface area contributed by atoms with E-state index in [0.717, 1.165) is 36.7 Å². The van der Waals surface area contributed by atoms with Gasteiger partial charge in [0.2, 0.25) is 0 Å². The molecule has 174 valence electrons. The molecule has 4 rings (SSSR count). The van der Waals surface area contributed by atoms with Crippen molar-refractivity contribution in [3.8, 4) is 5.75 Å². The van der Waals surface area contributed by atoms with Crippen LogP contribution in [0.4, 0.5) is 4.79 Å². The van der Waals surface area contributed by atoms with Gasteiger partial charge in [-0.25, -0.2) is 0 Å². The van der Waals surface area contributed by atoms with Crippen molar-refractivity contribution in [3.05, 3.63) is 101 Å². The Morgan fingerprint density at radius 1 is 1.00 bits per heavy atom. The Morgan fingerprint density at radius 3 is 2.29 bits per heavy atom. The fraction of sp³-hybridized carbons (Fsp3) is 0.120. The third-order valence-electron chi connectivity index (χ3n) is 5.04. The molecule has 1 aliphatic heterocycles. The highest BCUT2D eigenvalue weighted by Gasteiger charge is 2.35. The molecule has 0 bridgehead atoms. The predicted molar refractivity (Wildman–Crippen MR) is 145 cm³/mol. The highest BCUT2D eigenvalue weighted by atomic mass is 79.9. The summed E-state index contributed by atoms with van der Waals surface area (Å²) in [6, 6.07) is 16.9. The number of ether oxygens (including phenoxy) is 1. The molecule has 4 nitrogen and oxygen atoms in total. The van der Waals surface area contributed by atoms with Crippen LogP contribution in [-0.4, -0.2) is 16.0 Å². The van der Waals surface area contributed by atoms with Gasteiger partial charge in [-0.2, -0.15) is 0 Å². The quantitative estimate of drug-likeness (QED) is 0.253. The van der Waals surface area contributed by atoms with E-state index in [0.29, 0.717) is 32.9 Å². The minimum atomic E-state index is -0.391. The molecule has 0 aliphatic carbocycles. The summed E-state index contributed by atoms with van der Waals surface area (Å²) in [6.45, 7) is 2.47. The Kier molecular flexibility index (Phi) is 8.10. The SMILES string of the molecule is Cc1cccc(COc2c(Br)cc(/C=C3\SC(=O)N(Cc4c(Cl)cccc4Cl)C3=O)cc2Br)c1. The zero-order chi connectivity index (χ0) is 24.4. The second-order valence-corrected chi connectivity index (χ2v) is 11.1. The van der Waals surface area contributed by atoms with Gasteiger partial charge in [-0.05, 0) is 92.0 Å². The van der Waals surface area contributed by atoms with Gasteiger partial charge in [-0.3, -0.25) is 14.5 Å². The van der Waals surface area contributed by atoms with Crippen molar-refractivity contribution < 1.29 is 14.3 Å². The highest BCUT2D eigenvalue weighted by Crippen LogP contribution is 2.39. The van der Waals surface area contributed by atoms with Gasteiger partial charge in [-0.15, -0.1) is 0 Å². The lowest BCUT2D eigenvalue weighted by Crippen LogP contribution is -2.27. The molecule has 1 saturated heterocycles. The Bertz CT molecular complexity index is 1290. The second-order valence-electron chi connectivity index (χ2n) is 7.56. The van der Waals surface area contributed by atoms with Crippen molar-refractivity contribution in [1.82, 2.24) is 4.90 Å². The number of halogens is 4. The van der Waals surface area contributed by atoms with Crippen LogP contribution >= 0.6 is 66.8 Å². The van der Waals surface area contributed by atoms with Gasteiger partial charge in [0, 0.05) is 15.6 Å². The number of nitrogens with zero attached hydrogens (tertiary/aromatic N) is 1. The summed E-state index contributed by atoms with van der Waals surface area (Å²) >= 11 is 20.4. The van der Waals surface area contributed by atoms with Crippen LogP contribution in [-0.2, 0) is 17.9 Å². The molecule has 0 N–H and O–H groups in total. The first-order valence-corrected chi connectivity index (χ1v) is 13.2. The van der Waals surface area contributed by atoms with Crippen molar-refractivity contribution in [2.75, 3.05) is 0 Å². The van der Waals surface area contributed by atoms with Crippen LogP contribution in [0.15, 0.2) is 68.4 Å². The number of thioether (sulfide) groups is 1. The zero-order valence-corrected chi connectivity index (χ0v) is 23.3. The Morgan fingerprint density at radius 2 is 1.65 bits per heavy atom.